The lowest BCUT2D eigenvalue weighted by molar-refractivity contribution is 0.0764. The zero-order valence-corrected chi connectivity index (χ0v) is 14.8. The van der Waals surface area contributed by atoms with Gasteiger partial charge < -0.3 is 10.0 Å². The molecular formula is C22H22N2O2. The molecule has 4 heteroatoms. The summed E-state index contributed by atoms with van der Waals surface area (Å²) in [5, 5.41) is 10.7. The molecule has 1 amide bonds. The number of carbonyl (C=O) groups excluding carboxylic acids is 1. The largest absolute Gasteiger partial charge is 0.393 e. The summed E-state index contributed by atoms with van der Waals surface area (Å²) < 4.78 is 0. The minimum Gasteiger partial charge on any atom is -0.393 e. The maximum Gasteiger partial charge on any atom is 0.254 e. The molecule has 0 aliphatic carbocycles. The monoisotopic (exact) mass is 346 g/mol. The van der Waals surface area contributed by atoms with Crippen molar-refractivity contribution in [2.45, 2.75) is 19.4 Å². The standard InChI is InChI=1S/C22H22N2O2/c1-15(25)17-11-12-24(14-17)22(26)19-13-21(16-7-3-2-4-8-16)23-20-10-6-5-9-18(19)20/h2-10,13,15,17,25H,11-12,14H2,1H3. The molecule has 2 atom stereocenters. The van der Waals surface area contributed by atoms with Gasteiger partial charge in [-0.25, -0.2) is 4.98 Å². The number of fused-ring (bicyclic) bond motifs is 1. The van der Waals surface area contributed by atoms with Crippen molar-refractivity contribution in [1.29, 1.82) is 0 Å². The van der Waals surface area contributed by atoms with Crippen LogP contribution in [0.1, 0.15) is 23.7 Å². The molecule has 4 nitrogen and oxygen atoms in total. The van der Waals surface area contributed by atoms with Gasteiger partial charge in [0.15, 0.2) is 0 Å². The summed E-state index contributed by atoms with van der Waals surface area (Å²) in [6.45, 7) is 3.09. The van der Waals surface area contributed by atoms with Crippen LogP contribution in [0.15, 0.2) is 60.7 Å². The zero-order valence-electron chi connectivity index (χ0n) is 14.8. The van der Waals surface area contributed by atoms with Crippen LogP contribution in [0.2, 0.25) is 0 Å². The fourth-order valence-electron chi connectivity index (χ4n) is 3.65. The summed E-state index contributed by atoms with van der Waals surface area (Å²) in [5.74, 6) is 0.171. The van der Waals surface area contributed by atoms with Gasteiger partial charge in [0.25, 0.3) is 5.91 Å². The van der Waals surface area contributed by atoms with Crippen molar-refractivity contribution in [1.82, 2.24) is 9.88 Å². The van der Waals surface area contributed by atoms with E-state index in [1.54, 1.807) is 6.92 Å². The van der Waals surface area contributed by atoms with Crippen molar-refractivity contribution >= 4 is 16.8 Å². The van der Waals surface area contributed by atoms with Crippen LogP contribution in [0.5, 0.6) is 0 Å². The lowest BCUT2D eigenvalue weighted by Crippen LogP contribution is -2.30. The minimum absolute atomic E-state index is 0.0175. The molecule has 2 heterocycles. The topological polar surface area (TPSA) is 53.4 Å². The highest BCUT2D eigenvalue weighted by atomic mass is 16.3. The van der Waals surface area contributed by atoms with Crippen LogP contribution in [-0.4, -0.2) is 40.1 Å². The summed E-state index contributed by atoms with van der Waals surface area (Å²) in [5.41, 5.74) is 3.30. The number of pyridine rings is 1. The highest BCUT2D eigenvalue weighted by Gasteiger charge is 2.30. The molecule has 1 aromatic heterocycles. The predicted molar refractivity (Wildman–Crippen MR) is 103 cm³/mol. The first-order chi connectivity index (χ1) is 12.6. The van der Waals surface area contributed by atoms with E-state index in [4.69, 9.17) is 4.98 Å². The number of hydrogen-bond donors (Lipinski definition) is 1. The third kappa shape index (κ3) is 3.08. The Morgan fingerprint density at radius 3 is 2.62 bits per heavy atom. The molecule has 1 fully saturated rings. The quantitative estimate of drug-likeness (QED) is 0.786. The Kier molecular flexibility index (Phi) is 4.43. The first kappa shape index (κ1) is 16.7. The van der Waals surface area contributed by atoms with Gasteiger partial charge in [0.2, 0.25) is 0 Å². The van der Waals surface area contributed by atoms with Gasteiger partial charge in [-0.3, -0.25) is 4.79 Å². The van der Waals surface area contributed by atoms with Crippen LogP contribution < -0.4 is 0 Å². The van der Waals surface area contributed by atoms with E-state index in [-0.39, 0.29) is 17.9 Å². The summed E-state index contributed by atoms with van der Waals surface area (Å²) in [6.07, 6.45) is 0.458. The minimum atomic E-state index is -0.387. The number of amides is 1. The van der Waals surface area contributed by atoms with Gasteiger partial charge in [-0.15, -0.1) is 0 Å². The Hall–Kier alpha value is -2.72. The highest BCUT2D eigenvalue weighted by molar-refractivity contribution is 6.07. The highest BCUT2D eigenvalue weighted by Crippen LogP contribution is 2.28. The van der Waals surface area contributed by atoms with Gasteiger partial charge in [-0.05, 0) is 25.5 Å². The SMILES string of the molecule is CC(O)C1CCN(C(=O)c2cc(-c3ccccc3)nc3ccccc23)C1. The Morgan fingerprint density at radius 1 is 1.15 bits per heavy atom. The molecule has 1 aliphatic heterocycles. The maximum absolute atomic E-state index is 13.2. The third-order valence-corrected chi connectivity index (χ3v) is 5.21. The van der Waals surface area contributed by atoms with Gasteiger partial charge in [-0.1, -0.05) is 48.5 Å². The average Bonchev–Trinajstić information content (AvgIpc) is 3.18. The summed E-state index contributed by atoms with van der Waals surface area (Å²) in [6, 6.07) is 19.6. The molecule has 26 heavy (non-hydrogen) atoms. The number of carbonyl (C=O) groups is 1. The number of aromatic nitrogens is 1. The van der Waals surface area contributed by atoms with Crippen molar-refractivity contribution in [3.8, 4) is 11.3 Å². The van der Waals surface area contributed by atoms with Crippen LogP contribution in [0.4, 0.5) is 0 Å². The average molecular weight is 346 g/mol. The van der Waals surface area contributed by atoms with Gasteiger partial charge in [-0.2, -0.15) is 0 Å². The molecule has 0 spiro atoms. The summed E-state index contributed by atoms with van der Waals surface area (Å²) in [4.78, 5) is 19.8. The van der Waals surface area contributed by atoms with Gasteiger partial charge in [0.05, 0.1) is 22.9 Å². The number of aliphatic hydroxyl groups is 1. The lowest BCUT2D eigenvalue weighted by atomic mass is 10.0. The number of hydrogen-bond acceptors (Lipinski definition) is 3. The molecule has 2 unspecified atom stereocenters. The van der Waals surface area contributed by atoms with Crippen molar-refractivity contribution in [3.63, 3.8) is 0 Å². The van der Waals surface area contributed by atoms with E-state index in [1.165, 1.54) is 0 Å². The number of rotatable bonds is 3. The van der Waals surface area contributed by atoms with Crippen LogP contribution in [0.25, 0.3) is 22.2 Å². The van der Waals surface area contributed by atoms with Crippen LogP contribution >= 0.6 is 0 Å². The number of nitrogens with zero attached hydrogens (tertiary/aromatic N) is 2. The smallest absolute Gasteiger partial charge is 0.254 e. The summed E-state index contributed by atoms with van der Waals surface area (Å²) in [7, 11) is 0. The molecular weight excluding hydrogens is 324 g/mol. The van der Waals surface area contributed by atoms with Crippen molar-refractivity contribution < 1.29 is 9.90 Å². The fourth-order valence-corrected chi connectivity index (χ4v) is 3.65. The Labute approximate surface area is 153 Å². The van der Waals surface area contributed by atoms with E-state index in [2.05, 4.69) is 0 Å². The number of para-hydroxylation sites is 1. The van der Waals surface area contributed by atoms with E-state index >= 15 is 0 Å². The van der Waals surface area contributed by atoms with Crippen LogP contribution in [0, 0.1) is 5.92 Å². The first-order valence-electron chi connectivity index (χ1n) is 9.06. The zero-order chi connectivity index (χ0) is 18.1. The number of likely N-dealkylation sites (tertiary alicyclic amines) is 1. The van der Waals surface area contributed by atoms with E-state index < -0.39 is 0 Å². The van der Waals surface area contributed by atoms with E-state index in [0.29, 0.717) is 18.7 Å². The van der Waals surface area contributed by atoms with Gasteiger partial charge >= 0.3 is 0 Å². The van der Waals surface area contributed by atoms with Gasteiger partial charge in [0, 0.05) is 30.0 Å². The Bertz CT molecular complexity index is 937. The summed E-state index contributed by atoms with van der Waals surface area (Å²) >= 11 is 0. The fraction of sp³-hybridized carbons (Fsp3) is 0.273. The lowest BCUT2D eigenvalue weighted by Gasteiger charge is -2.19. The van der Waals surface area contributed by atoms with E-state index in [1.807, 2.05) is 65.6 Å². The second-order valence-electron chi connectivity index (χ2n) is 6.98. The Morgan fingerprint density at radius 2 is 1.88 bits per heavy atom. The molecule has 0 bridgehead atoms. The normalized spacial score (nSPS) is 18.2. The molecule has 4 rings (SSSR count). The van der Waals surface area contributed by atoms with E-state index in [0.717, 1.165) is 28.6 Å². The van der Waals surface area contributed by atoms with Crippen molar-refractivity contribution in [2.75, 3.05) is 13.1 Å². The second-order valence-corrected chi connectivity index (χ2v) is 6.98. The molecule has 1 aliphatic rings. The molecule has 132 valence electrons. The molecule has 0 radical (unpaired) electrons. The van der Waals surface area contributed by atoms with Gasteiger partial charge in [0.1, 0.15) is 0 Å². The van der Waals surface area contributed by atoms with Crippen LogP contribution in [-0.2, 0) is 0 Å². The third-order valence-electron chi connectivity index (χ3n) is 5.21. The van der Waals surface area contributed by atoms with Crippen LogP contribution in [0.3, 0.4) is 0 Å². The molecule has 2 aromatic carbocycles. The maximum atomic E-state index is 13.2. The molecule has 3 aromatic rings. The predicted octanol–water partition coefficient (Wildman–Crippen LogP) is 3.74. The number of aliphatic hydroxyl groups excluding tert-OH is 1. The van der Waals surface area contributed by atoms with Crippen molar-refractivity contribution in [3.05, 3.63) is 66.2 Å². The second kappa shape index (κ2) is 6.89. The molecule has 1 N–H and O–H groups in total. The van der Waals surface area contributed by atoms with E-state index in [9.17, 15) is 9.90 Å². The Balaban J connectivity index is 1.77. The number of benzene rings is 2. The van der Waals surface area contributed by atoms with Crippen molar-refractivity contribution in [2.24, 2.45) is 5.92 Å². The molecule has 1 saturated heterocycles. The molecule has 0 saturated carbocycles. The first-order valence-corrected chi connectivity index (χ1v) is 9.06.